The number of aromatic nitrogens is 2. The number of hydrogen-bond donors (Lipinski definition) is 0. The van der Waals surface area contributed by atoms with Crippen molar-refractivity contribution in [1.82, 2.24) is 9.97 Å². The number of ether oxygens (including phenoxy) is 1. The number of anilines is 2. The smallest absolute Gasteiger partial charge is 0.423 e. The van der Waals surface area contributed by atoms with Gasteiger partial charge in [0.2, 0.25) is 11.8 Å². The van der Waals surface area contributed by atoms with E-state index in [9.17, 15) is 13.2 Å². The molecule has 0 saturated carbocycles. The first-order valence-corrected chi connectivity index (χ1v) is 9.28. The number of alkyl halides is 3. The SMILES string of the molecule is CCCCCCOc1nc(N(CC)c2cccc(C)c2)ncc1C(F)(F)F. The summed E-state index contributed by atoms with van der Waals surface area (Å²) >= 11 is 0. The first-order valence-electron chi connectivity index (χ1n) is 9.28. The second-order valence-corrected chi connectivity index (χ2v) is 6.38. The normalized spacial score (nSPS) is 11.5. The molecule has 0 spiro atoms. The van der Waals surface area contributed by atoms with Crippen LogP contribution in [-0.4, -0.2) is 23.1 Å². The van der Waals surface area contributed by atoms with Crippen molar-refractivity contribution in [3.8, 4) is 5.88 Å². The van der Waals surface area contributed by atoms with Gasteiger partial charge in [-0.3, -0.25) is 0 Å². The van der Waals surface area contributed by atoms with E-state index < -0.39 is 17.6 Å². The molecule has 0 N–H and O–H groups in total. The van der Waals surface area contributed by atoms with E-state index in [2.05, 4.69) is 16.9 Å². The second kappa shape index (κ2) is 9.58. The summed E-state index contributed by atoms with van der Waals surface area (Å²) in [6, 6.07) is 7.66. The zero-order valence-corrected chi connectivity index (χ0v) is 16.0. The van der Waals surface area contributed by atoms with Crippen LogP contribution in [0, 0.1) is 6.92 Å². The molecule has 0 bridgehead atoms. The average Bonchev–Trinajstić information content (AvgIpc) is 2.61. The first-order chi connectivity index (χ1) is 12.9. The summed E-state index contributed by atoms with van der Waals surface area (Å²) in [6.07, 6.45) is -0.0608. The lowest BCUT2D eigenvalue weighted by molar-refractivity contribution is -0.139. The number of nitrogens with zero attached hydrogens (tertiary/aromatic N) is 3. The molecule has 0 atom stereocenters. The lowest BCUT2D eigenvalue weighted by Crippen LogP contribution is -2.21. The molecule has 1 aromatic heterocycles. The summed E-state index contributed by atoms with van der Waals surface area (Å²) < 4.78 is 45.3. The summed E-state index contributed by atoms with van der Waals surface area (Å²) in [7, 11) is 0. The highest BCUT2D eigenvalue weighted by molar-refractivity contribution is 5.58. The molecule has 0 fully saturated rings. The van der Waals surface area contributed by atoms with E-state index >= 15 is 0 Å². The van der Waals surface area contributed by atoms with E-state index in [-0.39, 0.29) is 12.6 Å². The fraction of sp³-hybridized carbons (Fsp3) is 0.500. The summed E-state index contributed by atoms with van der Waals surface area (Å²) in [5.74, 6) is -0.213. The van der Waals surface area contributed by atoms with Crippen LogP contribution in [0.25, 0.3) is 0 Å². The molecular weight excluding hydrogens is 355 g/mol. The van der Waals surface area contributed by atoms with Gasteiger partial charge in [-0.25, -0.2) is 4.98 Å². The van der Waals surface area contributed by atoms with Crippen molar-refractivity contribution in [3.63, 3.8) is 0 Å². The standard InChI is InChI=1S/C20H26F3N3O/c1-4-6-7-8-12-27-18-17(20(21,22)23)14-24-19(25-18)26(5-2)16-11-9-10-15(3)13-16/h9-11,13-14H,4-8,12H2,1-3H3. The van der Waals surface area contributed by atoms with Crippen molar-refractivity contribution < 1.29 is 17.9 Å². The molecule has 7 heteroatoms. The predicted octanol–water partition coefficient (Wildman–Crippen LogP) is 5.92. The highest BCUT2D eigenvalue weighted by atomic mass is 19.4. The van der Waals surface area contributed by atoms with Gasteiger partial charge in [-0.05, 0) is 38.0 Å². The lowest BCUT2D eigenvalue weighted by Gasteiger charge is -2.22. The molecule has 1 aromatic carbocycles. The van der Waals surface area contributed by atoms with Gasteiger partial charge in [-0.15, -0.1) is 0 Å². The predicted molar refractivity (Wildman–Crippen MR) is 101 cm³/mol. The fourth-order valence-corrected chi connectivity index (χ4v) is 2.72. The van der Waals surface area contributed by atoms with Gasteiger partial charge >= 0.3 is 6.18 Å². The van der Waals surface area contributed by atoms with Crippen molar-refractivity contribution in [2.24, 2.45) is 0 Å². The van der Waals surface area contributed by atoms with Gasteiger partial charge in [0, 0.05) is 18.4 Å². The lowest BCUT2D eigenvalue weighted by atomic mass is 10.2. The maximum absolute atomic E-state index is 13.3. The van der Waals surface area contributed by atoms with Crippen molar-refractivity contribution in [1.29, 1.82) is 0 Å². The molecular formula is C20H26F3N3O. The number of hydrogen-bond acceptors (Lipinski definition) is 4. The van der Waals surface area contributed by atoms with Gasteiger partial charge < -0.3 is 9.64 Å². The first kappa shape index (κ1) is 21.0. The molecule has 2 rings (SSSR count). The maximum Gasteiger partial charge on any atom is 0.423 e. The quantitative estimate of drug-likeness (QED) is 0.505. The van der Waals surface area contributed by atoms with Crippen molar-refractivity contribution in [2.75, 3.05) is 18.1 Å². The third-order valence-corrected chi connectivity index (χ3v) is 4.15. The number of aryl methyl sites for hydroxylation is 1. The van der Waals surface area contributed by atoms with Crippen molar-refractivity contribution in [3.05, 3.63) is 41.6 Å². The fourth-order valence-electron chi connectivity index (χ4n) is 2.72. The minimum atomic E-state index is -4.56. The highest BCUT2D eigenvalue weighted by Gasteiger charge is 2.36. The summed E-state index contributed by atoms with van der Waals surface area (Å²) in [6.45, 7) is 6.65. The largest absolute Gasteiger partial charge is 0.477 e. The topological polar surface area (TPSA) is 38.2 Å². The van der Waals surface area contributed by atoms with E-state index in [1.165, 1.54) is 0 Å². The van der Waals surface area contributed by atoms with Crippen molar-refractivity contribution in [2.45, 2.75) is 52.6 Å². The minimum Gasteiger partial charge on any atom is -0.477 e. The molecule has 0 amide bonds. The Morgan fingerprint density at radius 3 is 2.52 bits per heavy atom. The van der Waals surface area contributed by atoms with E-state index in [0.29, 0.717) is 13.0 Å². The zero-order chi connectivity index (χ0) is 19.9. The molecule has 0 aliphatic carbocycles. The Balaban J connectivity index is 2.30. The molecule has 2 aromatic rings. The molecule has 148 valence electrons. The van der Waals surface area contributed by atoms with Gasteiger partial charge in [-0.1, -0.05) is 38.3 Å². The monoisotopic (exact) mass is 381 g/mol. The van der Waals surface area contributed by atoms with Gasteiger partial charge in [0.05, 0.1) is 6.61 Å². The third-order valence-electron chi connectivity index (χ3n) is 4.15. The van der Waals surface area contributed by atoms with Crippen LogP contribution >= 0.6 is 0 Å². The van der Waals surface area contributed by atoms with E-state index in [1.54, 1.807) is 4.90 Å². The molecule has 4 nitrogen and oxygen atoms in total. The highest BCUT2D eigenvalue weighted by Crippen LogP contribution is 2.36. The van der Waals surface area contributed by atoms with Gasteiger partial charge in [0.15, 0.2) is 0 Å². The number of rotatable bonds is 9. The van der Waals surface area contributed by atoms with E-state index in [1.807, 2.05) is 38.1 Å². The van der Waals surface area contributed by atoms with Crippen LogP contribution in [0.15, 0.2) is 30.5 Å². The van der Waals surface area contributed by atoms with E-state index in [0.717, 1.165) is 36.7 Å². The summed E-state index contributed by atoms with van der Waals surface area (Å²) in [5.41, 5.74) is 0.929. The Hall–Kier alpha value is -2.31. The number of unbranched alkanes of at least 4 members (excludes halogenated alkanes) is 3. The van der Waals surface area contributed by atoms with Gasteiger partial charge in [0.1, 0.15) is 5.56 Å². The Bertz CT molecular complexity index is 735. The van der Waals surface area contributed by atoms with Gasteiger partial charge in [0.25, 0.3) is 0 Å². The molecule has 0 radical (unpaired) electrons. The third kappa shape index (κ3) is 5.84. The zero-order valence-electron chi connectivity index (χ0n) is 16.0. The van der Waals surface area contributed by atoms with Crippen molar-refractivity contribution >= 4 is 11.6 Å². The molecule has 0 unspecified atom stereocenters. The second-order valence-electron chi connectivity index (χ2n) is 6.38. The Morgan fingerprint density at radius 2 is 1.89 bits per heavy atom. The van der Waals surface area contributed by atoms with E-state index in [4.69, 9.17) is 4.74 Å². The van der Waals surface area contributed by atoms with Crippen LogP contribution in [0.5, 0.6) is 5.88 Å². The van der Waals surface area contributed by atoms with Crippen LogP contribution in [0.3, 0.4) is 0 Å². The maximum atomic E-state index is 13.3. The Morgan fingerprint density at radius 1 is 1.11 bits per heavy atom. The molecule has 0 saturated heterocycles. The van der Waals surface area contributed by atoms with Crippen LogP contribution in [0.1, 0.15) is 50.7 Å². The molecule has 1 heterocycles. The van der Waals surface area contributed by atoms with Crippen LogP contribution < -0.4 is 9.64 Å². The van der Waals surface area contributed by atoms with Crippen LogP contribution in [-0.2, 0) is 6.18 Å². The van der Waals surface area contributed by atoms with Crippen LogP contribution in [0.4, 0.5) is 24.8 Å². The Labute approximate surface area is 158 Å². The number of benzene rings is 1. The average molecular weight is 381 g/mol. The minimum absolute atomic E-state index is 0.194. The number of halogens is 3. The molecule has 0 aliphatic heterocycles. The summed E-state index contributed by atoms with van der Waals surface area (Å²) in [4.78, 5) is 9.82. The molecule has 0 aliphatic rings. The molecule has 27 heavy (non-hydrogen) atoms. The van der Waals surface area contributed by atoms with Gasteiger partial charge in [-0.2, -0.15) is 18.2 Å². The van der Waals surface area contributed by atoms with Crippen LogP contribution in [0.2, 0.25) is 0 Å². The Kier molecular flexibility index (Phi) is 7.45. The summed E-state index contributed by atoms with van der Waals surface area (Å²) in [5, 5.41) is 0.